The summed E-state index contributed by atoms with van der Waals surface area (Å²) >= 11 is 0. The molecule has 66 heavy (non-hydrogen) atoms. The van der Waals surface area contributed by atoms with E-state index >= 15 is 0 Å². The molecular weight excluding hydrogens is 807 g/mol. The van der Waals surface area contributed by atoms with Crippen molar-refractivity contribution < 1.29 is 0 Å². The Morgan fingerprint density at radius 3 is 1.23 bits per heavy atom. The number of hydrogen-bond acceptors (Lipinski definition) is 7. The summed E-state index contributed by atoms with van der Waals surface area (Å²) in [6, 6.07) is 62.7. The Balaban J connectivity index is 1.24. The number of fused-ring (bicyclic) bond motifs is 1. The van der Waals surface area contributed by atoms with Gasteiger partial charge in [0.2, 0.25) is 11.9 Å². The summed E-state index contributed by atoms with van der Waals surface area (Å²) in [6.07, 6.45) is 0. The number of aryl methyl sites for hydroxylation is 6. The van der Waals surface area contributed by atoms with Crippen LogP contribution in [0.1, 0.15) is 56.0 Å². The highest BCUT2D eigenvalue weighted by Crippen LogP contribution is 2.42. The van der Waals surface area contributed by atoms with E-state index in [4.69, 9.17) is 29.9 Å². The fourth-order valence-corrected chi connectivity index (χ4v) is 9.53. The topological polar surface area (TPSA) is 80.6 Å². The van der Waals surface area contributed by atoms with Gasteiger partial charge in [-0.15, -0.1) is 0 Å². The van der Waals surface area contributed by atoms with Crippen molar-refractivity contribution in [3.05, 3.63) is 232 Å². The maximum Gasteiger partial charge on any atom is 0.241 e. The summed E-state index contributed by atoms with van der Waals surface area (Å²) < 4.78 is 0. The lowest BCUT2D eigenvalue weighted by atomic mass is 9.77. The van der Waals surface area contributed by atoms with Gasteiger partial charge in [0.1, 0.15) is 0 Å². The second kappa shape index (κ2) is 17.8. The van der Waals surface area contributed by atoms with Crippen LogP contribution in [0.25, 0.3) is 56.3 Å². The molecule has 0 saturated heterocycles. The Kier molecular flexibility index (Phi) is 11.3. The van der Waals surface area contributed by atoms with E-state index in [2.05, 4.69) is 126 Å². The van der Waals surface area contributed by atoms with Crippen LogP contribution in [0.3, 0.4) is 0 Å². The molecule has 0 N–H and O–H groups in total. The number of nitrogens with zero attached hydrogens (tertiary/aromatic N) is 7. The summed E-state index contributed by atoms with van der Waals surface area (Å²) in [5, 5.41) is 2.13. The number of benzene rings is 8. The zero-order valence-corrected chi connectivity index (χ0v) is 38.0. The summed E-state index contributed by atoms with van der Waals surface area (Å²) in [5.74, 6) is 2.86. The van der Waals surface area contributed by atoms with E-state index in [1.807, 2.05) is 102 Å². The van der Waals surface area contributed by atoms with Crippen LogP contribution in [0.2, 0.25) is 0 Å². The third-order valence-electron chi connectivity index (χ3n) is 12.3. The van der Waals surface area contributed by atoms with Crippen LogP contribution >= 0.6 is 0 Å². The number of anilines is 3. The summed E-state index contributed by atoms with van der Waals surface area (Å²) in [7, 11) is 0. The van der Waals surface area contributed by atoms with Gasteiger partial charge in [0.15, 0.2) is 23.3 Å². The largest absolute Gasteiger partial charge is 0.246 e. The van der Waals surface area contributed by atoms with Crippen LogP contribution in [0.4, 0.5) is 17.6 Å². The van der Waals surface area contributed by atoms with Crippen molar-refractivity contribution in [2.24, 2.45) is 0 Å². The molecule has 320 valence electrons. The van der Waals surface area contributed by atoms with E-state index in [1.54, 1.807) is 0 Å². The Morgan fingerprint density at radius 2 is 0.758 bits per heavy atom. The van der Waals surface area contributed by atoms with Gasteiger partial charge in [0.25, 0.3) is 0 Å². The molecule has 0 aliphatic rings. The highest BCUT2D eigenvalue weighted by atomic mass is 15.4. The number of aromatic nitrogens is 6. The van der Waals surface area contributed by atoms with E-state index in [0.717, 1.165) is 38.7 Å². The first-order valence-corrected chi connectivity index (χ1v) is 22.4. The fraction of sp³-hybridized carbons (Fsp3) is 0.119. The van der Waals surface area contributed by atoms with Crippen LogP contribution < -0.4 is 4.90 Å². The van der Waals surface area contributed by atoms with E-state index in [0.29, 0.717) is 35.2 Å². The standard InChI is InChI=1S/C59H49N7/c1-37-33-39(3)51(40(4)34-37)53(52-41(5)35-38(2)36-42(52)6)44-29-31-48(32-30-44)66(58-62-54(45-20-10-7-11-21-45)60-55(63-58)46-22-12-8-13-23-46)59-64-56(47-24-14-9-15-25-47)61-57(65-59)50-28-18-26-43-19-16-17-27-49(43)50/h7-36,53H,1-6H3. The average molecular weight is 856 g/mol. The van der Waals surface area contributed by atoms with Gasteiger partial charge in [-0.1, -0.05) is 181 Å². The normalized spacial score (nSPS) is 11.3. The monoisotopic (exact) mass is 855 g/mol. The Morgan fingerprint density at radius 1 is 0.364 bits per heavy atom. The van der Waals surface area contributed by atoms with Gasteiger partial charge in [-0.05, 0) is 103 Å². The van der Waals surface area contributed by atoms with Crippen LogP contribution in [0, 0.1) is 41.5 Å². The molecule has 0 amide bonds. The van der Waals surface area contributed by atoms with Gasteiger partial charge in [-0.3, -0.25) is 0 Å². The molecule has 0 spiro atoms. The van der Waals surface area contributed by atoms with Gasteiger partial charge in [0, 0.05) is 28.2 Å². The molecule has 0 atom stereocenters. The zero-order chi connectivity index (χ0) is 45.3. The molecule has 0 radical (unpaired) electrons. The van der Waals surface area contributed by atoms with Gasteiger partial charge < -0.3 is 0 Å². The molecule has 7 nitrogen and oxygen atoms in total. The lowest BCUT2D eigenvalue weighted by molar-refractivity contribution is 0.917. The van der Waals surface area contributed by atoms with Crippen molar-refractivity contribution >= 4 is 28.4 Å². The third kappa shape index (κ3) is 8.23. The second-order valence-corrected chi connectivity index (χ2v) is 17.2. The van der Waals surface area contributed by atoms with Crippen molar-refractivity contribution in [1.82, 2.24) is 29.9 Å². The molecule has 2 heterocycles. The molecular formula is C59H49N7. The first-order chi connectivity index (χ1) is 32.2. The minimum atomic E-state index is -0.0138. The van der Waals surface area contributed by atoms with Crippen molar-refractivity contribution in [1.29, 1.82) is 0 Å². The van der Waals surface area contributed by atoms with Gasteiger partial charge in [0.05, 0.1) is 5.69 Å². The highest BCUT2D eigenvalue weighted by Gasteiger charge is 2.28. The predicted octanol–water partition coefficient (Wildman–Crippen LogP) is 14.4. The summed E-state index contributed by atoms with van der Waals surface area (Å²) in [4.78, 5) is 33.3. The van der Waals surface area contributed by atoms with Crippen LogP contribution in [0.15, 0.2) is 182 Å². The molecule has 10 rings (SSSR count). The van der Waals surface area contributed by atoms with E-state index in [9.17, 15) is 0 Å². The Hall–Kier alpha value is -8.16. The fourth-order valence-electron chi connectivity index (χ4n) is 9.53. The average Bonchev–Trinajstić information content (AvgIpc) is 3.34. The lowest BCUT2D eigenvalue weighted by Crippen LogP contribution is -2.19. The van der Waals surface area contributed by atoms with Gasteiger partial charge in [-0.2, -0.15) is 19.9 Å². The lowest BCUT2D eigenvalue weighted by Gasteiger charge is -2.28. The first-order valence-electron chi connectivity index (χ1n) is 22.4. The quantitative estimate of drug-likeness (QED) is 0.127. The van der Waals surface area contributed by atoms with Crippen LogP contribution in [-0.4, -0.2) is 29.9 Å². The maximum atomic E-state index is 5.36. The number of hydrogen-bond donors (Lipinski definition) is 0. The highest BCUT2D eigenvalue weighted by molar-refractivity contribution is 5.95. The smallest absolute Gasteiger partial charge is 0.241 e. The number of rotatable bonds is 10. The predicted molar refractivity (Wildman–Crippen MR) is 269 cm³/mol. The molecule has 0 aliphatic carbocycles. The van der Waals surface area contributed by atoms with E-state index in [1.165, 1.54) is 50.1 Å². The summed E-state index contributed by atoms with van der Waals surface area (Å²) in [6.45, 7) is 13.3. The van der Waals surface area contributed by atoms with Crippen molar-refractivity contribution in [3.8, 4) is 45.6 Å². The van der Waals surface area contributed by atoms with Gasteiger partial charge in [-0.25, -0.2) is 14.9 Å². The van der Waals surface area contributed by atoms with E-state index < -0.39 is 0 Å². The third-order valence-corrected chi connectivity index (χ3v) is 12.3. The maximum absolute atomic E-state index is 5.36. The Bertz CT molecular complexity index is 3200. The van der Waals surface area contributed by atoms with Crippen molar-refractivity contribution in [2.45, 2.75) is 47.5 Å². The molecule has 0 unspecified atom stereocenters. The first kappa shape index (κ1) is 41.8. The molecule has 0 bridgehead atoms. The molecule has 10 aromatic rings. The second-order valence-electron chi connectivity index (χ2n) is 17.2. The molecule has 2 aromatic heterocycles. The van der Waals surface area contributed by atoms with Gasteiger partial charge >= 0.3 is 0 Å². The summed E-state index contributed by atoms with van der Waals surface area (Å²) in [5.41, 5.74) is 15.7. The van der Waals surface area contributed by atoms with Crippen LogP contribution in [-0.2, 0) is 0 Å². The Labute approximate surface area is 386 Å². The minimum Gasteiger partial charge on any atom is -0.246 e. The van der Waals surface area contributed by atoms with Crippen molar-refractivity contribution in [2.75, 3.05) is 4.90 Å². The molecule has 7 heteroatoms. The minimum absolute atomic E-state index is 0.0138. The SMILES string of the molecule is Cc1cc(C)c(C(c2ccc(N(c3nc(-c4ccccc4)nc(-c4ccccc4)n3)c3nc(-c4ccccc4)nc(-c4cccc5ccccc45)n3)cc2)c2c(C)cc(C)cc2C)c(C)c1. The van der Waals surface area contributed by atoms with E-state index in [-0.39, 0.29) is 5.92 Å². The zero-order valence-electron chi connectivity index (χ0n) is 38.0. The van der Waals surface area contributed by atoms with Crippen LogP contribution in [0.5, 0.6) is 0 Å². The molecule has 0 fully saturated rings. The molecule has 0 saturated carbocycles. The molecule has 0 aliphatic heterocycles. The molecule has 8 aromatic carbocycles. The van der Waals surface area contributed by atoms with Crippen molar-refractivity contribution in [3.63, 3.8) is 0 Å².